The van der Waals surface area contributed by atoms with E-state index in [0.29, 0.717) is 18.7 Å². The Balaban J connectivity index is 0.00000178. The molecular weight excluding hydrogens is 537 g/mol. The molecule has 3 aromatic rings. The molecule has 2 fully saturated rings. The summed E-state index contributed by atoms with van der Waals surface area (Å²) in [4.78, 5) is 32.6. The molecule has 3 aromatic carbocycles. The molecule has 208 valence electrons. The van der Waals surface area contributed by atoms with Crippen molar-refractivity contribution >= 4 is 47.9 Å². The summed E-state index contributed by atoms with van der Waals surface area (Å²) in [6.45, 7) is 4.58. The van der Waals surface area contributed by atoms with Gasteiger partial charge in [-0.25, -0.2) is 0 Å². The first-order valence-corrected chi connectivity index (χ1v) is 12.4. The summed E-state index contributed by atoms with van der Waals surface area (Å²) in [5, 5.41) is 0. The van der Waals surface area contributed by atoms with E-state index in [1.807, 2.05) is 78.9 Å². The third-order valence-corrected chi connectivity index (χ3v) is 7.00. The molecular formula is C30H35Cl2N3O4. The molecule has 2 aliphatic heterocycles. The number of rotatable bonds is 7. The maximum Gasteiger partial charge on any atom is 0.257 e. The van der Waals surface area contributed by atoms with E-state index >= 15 is 0 Å². The summed E-state index contributed by atoms with van der Waals surface area (Å²) in [6, 6.07) is 27.8. The molecule has 7 nitrogen and oxygen atoms in total. The third kappa shape index (κ3) is 6.99. The van der Waals surface area contributed by atoms with Crippen LogP contribution in [0, 0.1) is 0 Å². The SMILES string of the molecule is COc1ccccc1N1CCN(CCN2C(=O)CC(=C(c3ccccc3)c3ccccc3)C2=O)CC1.Cl.Cl.O. The Morgan fingerprint density at radius 1 is 0.744 bits per heavy atom. The van der Waals surface area contributed by atoms with Gasteiger partial charge in [0, 0.05) is 44.8 Å². The molecule has 0 saturated carbocycles. The number of hydrogen-bond donors (Lipinski definition) is 0. The van der Waals surface area contributed by atoms with Crippen LogP contribution in [0.4, 0.5) is 5.69 Å². The highest BCUT2D eigenvalue weighted by molar-refractivity contribution is 6.18. The van der Waals surface area contributed by atoms with Crippen LogP contribution in [-0.2, 0) is 9.59 Å². The number of anilines is 1. The number of nitrogens with zero attached hydrogens (tertiary/aromatic N) is 3. The Morgan fingerprint density at radius 3 is 1.85 bits per heavy atom. The fourth-order valence-corrected chi connectivity index (χ4v) is 5.09. The number of carbonyl (C=O) groups excluding carboxylic acids is 2. The van der Waals surface area contributed by atoms with Gasteiger partial charge in [-0.05, 0) is 28.8 Å². The molecule has 0 radical (unpaired) electrons. The molecule has 2 aliphatic rings. The highest BCUT2D eigenvalue weighted by Gasteiger charge is 2.36. The zero-order chi connectivity index (χ0) is 24.9. The zero-order valence-electron chi connectivity index (χ0n) is 21.9. The van der Waals surface area contributed by atoms with Crippen molar-refractivity contribution in [2.75, 3.05) is 51.3 Å². The number of benzene rings is 3. The van der Waals surface area contributed by atoms with E-state index in [2.05, 4.69) is 15.9 Å². The molecule has 0 spiro atoms. The van der Waals surface area contributed by atoms with Crippen molar-refractivity contribution in [3.8, 4) is 5.75 Å². The minimum atomic E-state index is -0.171. The van der Waals surface area contributed by atoms with E-state index in [0.717, 1.165) is 54.3 Å². The number of ether oxygens (including phenoxy) is 1. The molecule has 2 amide bonds. The predicted octanol–water partition coefficient (Wildman–Crippen LogP) is 4.10. The molecule has 0 bridgehead atoms. The van der Waals surface area contributed by atoms with E-state index in [9.17, 15) is 9.59 Å². The van der Waals surface area contributed by atoms with Gasteiger partial charge < -0.3 is 15.1 Å². The van der Waals surface area contributed by atoms with Gasteiger partial charge in [-0.2, -0.15) is 0 Å². The maximum atomic E-state index is 13.5. The van der Waals surface area contributed by atoms with E-state index < -0.39 is 0 Å². The normalized spacial score (nSPS) is 15.3. The van der Waals surface area contributed by atoms with E-state index in [1.54, 1.807) is 7.11 Å². The first-order chi connectivity index (χ1) is 17.7. The van der Waals surface area contributed by atoms with Crippen molar-refractivity contribution in [2.45, 2.75) is 6.42 Å². The van der Waals surface area contributed by atoms with Crippen LogP contribution in [0.5, 0.6) is 5.75 Å². The molecule has 0 aliphatic carbocycles. The molecule has 2 heterocycles. The van der Waals surface area contributed by atoms with Crippen LogP contribution in [0.1, 0.15) is 17.5 Å². The fourth-order valence-electron chi connectivity index (χ4n) is 5.09. The molecule has 2 saturated heterocycles. The van der Waals surface area contributed by atoms with Crippen molar-refractivity contribution in [3.05, 3.63) is 102 Å². The van der Waals surface area contributed by atoms with Crippen LogP contribution in [0.2, 0.25) is 0 Å². The first-order valence-electron chi connectivity index (χ1n) is 12.4. The van der Waals surface area contributed by atoms with Crippen LogP contribution >= 0.6 is 24.8 Å². The van der Waals surface area contributed by atoms with Crippen molar-refractivity contribution in [1.29, 1.82) is 0 Å². The van der Waals surface area contributed by atoms with E-state index in [4.69, 9.17) is 4.74 Å². The summed E-state index contributed by atoms with van der Waals surface area (Å²) >= 11 is 0. The number of methoxy groups -OCH3 is 1. The monoisotopic (exact) mass is 571 g/mol. The first kappa shape index (κ1) is 31.9. The largest absolute Gasteiger partial charge is 0.495 e. The van der Waals surface area contributed by atoms with Crippen molar-refractivity contribution < 1.29 is 19.8 Å². The topological polar surface area (TPSA) is 84.6 Å². The Kier molecular flexibility index (Phi) is 12.0. The van der Waals surface area contributed by atoms with Gasteiger partial charge in [0.05, 0.1) is 19.2 Å². The molecule has 0 aromatic heterocycles. The van der Waals surface area contributed by atoms with Crippen LogP contribution in [-0.4, -0.2) is 73.5 Å². The summed E-state index contributed by atoms with van der Waals surface area (Å²) in [7, 11) is 1.70. The number of piperazine rings is 1. The molecule has 0 atom stereocenters. The van der Waals surface area contributed by atoms with Crippen molar-refractivity contribution in [1.82, 2.24) is 9.80 Å². The Morgan fingerprint density at radius 2 is 1.28 bits per heavy atom. The Labute approximate surface area is 242 Å². The van der Waals surface area contributed by atoms with Crippen LogP contribution < -0.4 is 9.64 Å². The van der Waals surface area contributed by atoms with Gasteiger partial charge in [-0.3, -0.25) is 19.4 Å². The highest BCUT2D eigenvalue weighted by atomic mass is 35.5. The maximum absolute atomic E-state index is 13.5. The zero-order valence-corrected chi connectivity index (χ0v) is 23.5. The second-order valence-electron chi connectivity index (χ2n) is 9.11. The van der Waals surface area contributed by atoms with Crippen LogP contribution in [0.25, 0.3) is 5.57 Å². The molecule has 0 unspecified atom stereocenters. The quantitative estimate of drug-likeness (QED) is 0.315. The lowest BCUT2D eigenvalue weighted by atomic mass is 9.92. The van der Waals surface area contributed by atoms with E-state index in [1.165, 1.54) is 4.90 Å². The Hall–Kier alpha value is -3.36. The van der Waals surface area contributed by atoms with Gasteiger partial charge in [0.15, 0.2) is 0 Å². The lowest BCUT2D eigenvalue weighted by Gasteiger charge is -2.37. The minimum Gasteiger partial charge on any atom is -0.495 e. The Bertz CT molecular complexity index is 1220. The molecule has 5 rings (SSSR count). The van der Waals surface area contributed by atoms with Crippen molar-refractivity contribution in [2.24, 2.45) is 0 Å². The molecule has 9 heteroatoms. The number of para-hydroxylation sites is 2. The number of hydrogen-bond acceptors (Lipinski definition) is 5. The average Bonchev–Trinajstić information content (AvgIpc) is 3.21. The lowest BCUT2D eigenvalue weighted by molar-refractivity contribution is -0.137. The van der Waals surface area contributed by atoms with E-state index in [-0.39, 0.29) is 48.5 Å². The standard InChI is InChI=1S/C30H31N3O3.2ClH.H2O/c1-36-27-15-9-8-14-26(27)32-19-16-31(17-20-32)18-21-33-28(34)22-25(30(33)35)29(23-10-4-2-5-11-23)24-12-6-3-7-13-24;;;/h2-15H,16-22H2,1H3;2*1H;1H2. The van der Waals surface area contributed by atoms with Crippen LogP contribution in [0.15, 0.2) is 90.5 Å². The minimum absolute atomic E-state index is 0. The average molecular weight is 573 g/mol. The summed E-state index contributed by atoms with van der Waals surface area (Å²) < 4.78 is 5.52. The molecule has 2 N–H and O–H groups in total. The number of halogens is 2. The highest BCUT2D eigenvalue weighted by Crippen LogP contribution is 2.33. The lowest BCUT2D eigenvalue weighted by Crippen LogP contribution is -2.49. The summed E-state index contributed by atoms with van der Waals surface area (Å²) in [6.07, 6.45) is 0.138. The van der Waals surface area contributed by atoms with Crippen molar-refractivity contribution in [3.63, 3.8) is 0 Å². The fraction of sp³-hybridized carbons (Fsp3) is 0.267. The molecule has 39 heavy (non-hydrogen) atoms. The number of likely N-dealkylation sites (tertiary alicyclic amines) is 1. The second kappa shape index (κ2) is 14.7. The van der Waals surface area contributed by atoms with Gasteiger partial charge in [0.2, 0.25) is 5.91 Å². The predicted molar refractivity (Wildman–Crippen MR) is 160 cm³/mol. The van der Waals surface area contributed by atoms with Gasteiger partial charge in [-0.15, -0.1) is 24.8 Å². The van der Waals surface area contributed by atoms with Gasteiger partial charge in [-0.1, -0.05) is 72.8 Å². The second-order valence-corrected chi connectivity index (χ2v) is 9.11. The number of imide groups is 1. The van der Waals surface area contributed by atoms with Crippen LogP contribution in [0.3, 0.4) is 0 Å². The number of amides is 2. The number of carbonyl (C=O) groups is 2. The summed E-state index contributed by atoms with van der Waals surface area (Å²) in [5.41, 5.74) is 4.44. The van der Waals surface area contributed by atoms with Gasteiger partial charge in [0.1, 0.15) is 5.75 Å². The summed E-state index contributed by atoms with van der Waals surface area (Å²) in [5.74, 6) is 0.591. The van der Waals surface area contributed by atoms with Gasteiger partial charge >= 0.3 is 0 Å². The smallest absolute Gasteiger partial charge is 0.257 e. The third-order valence-electron chi connectivity index (χ3n) is 7.00. The van der Waals surface area contributed by atoms with Gasteiger partial charge in [0.25, 0.3) is 5.91 Å².